The number of hydrogen-bond donors (Lipinski definition) is 6. The van der Waals surface area contributed by atoms with E-state index in [2.05, 4.69) is 50.9 Å². The molecule has 2 aromatic carbocycles. The molecule has 2 unspecified atom stereocenters. The van der Waals surface area contributed by atoms with Gasteiger partial charge in [0.25, 0.3) is 6.47 Å². The van der Waals surface area contributed by atoms with Gasteiger partial charge in [0.15, 0.2) is 32.4 Å². The van der Waals surface area contributed by atoms with Crippen molar-refractivity contribution in [3.8, 4) is 0 Å². The third-order valence-electron chi connectivity index (χ3n) is 7.67. The van der Waals surface area contributed by atoms with Gasteiger partial charge in [-0.2, -0.15) is 0 Å². The van der Waals surface area contributed by atoms with Gasteiger partial charge >= 0.3 is 29.6 Å². The Labute approximate surface area is 365 Å². The fourth-order valence-electron chi connectivity index (χ4n) is 5.22. The number of rotatable bonds is 12. The van der Waals surface area contributed by atoms with E-state index < -0.39 is 0 Å². The van der Waals surface area contributed by atoms with E-state index in [4.69, 9.17) is 37.2 Å². The van der Waals surface area contributed by atoms with Crippen LogP contribution in [-0.4, -0.2) is 84.9 Å². The molecule has 0 aliphatic heterocycles. The summed E-state index contributed by atoms with van der Waals surface area (Å²) in [4.78, 5) is 38.5. The number of aromatic nitrogens is 4. The molecule has 0 saturated heterocycles. The largest absolute Gasteiger partial charge is 1.00 e. The van der Waals surface area contributed by atoms with Gasteiger partial charge in [0.05, 0.1) is 17.5 Å². The van der Waals surface area contributed by atoms with Crippen molar-refractivity contribution in [2.45, 2.75) is 61.7 Å². The van der Waals surface area contributed by atoms with Crippen molar-refractivity contribution in [1.29, 1.82) is 0 Å². The van der Waals surface area contributed by atoms with Gasteiger partial charge in [0.1, 0.15) is 11.6 Å². The molecule has 4 aromatic rings. The third kappa shape index (κ3) is 15.5. The number of carbonyl (C=O) groups excluding carboxylic acids is 3. The van der Waals surface area contributed by atoms with Gasteiger partial charge in [-0.15, -0.1) is 0 Å². The van der Waals surface area contributed by atoms with E-state index >= 15 is 0 Å². The first-order chi connectivity index (χ1) is 27.5. The normalized spacial score (nSPS) is 15.0. The first-order valence-electron chi connectivity index (χ1n) is 16.8. The quantitative estimate of drug-likeness (QED) is 0.0156. The molecule has 2 aliphatic rings. The summed E-state index contributed by atoms with van der Waals surface area (Å²) in [7, 11) is 0. The maximum absolute atomic E-state index is 13.5. The average Bonchev–Trinajstić information content (AvgIpc) is 4.04. The summed E-state index contributed by atoms with van der Waals surface area (Å²) >= 11 is 7.75. The predicted molar refractivity (Wildman–Crippen MR) is 199 cm³/mol. The van der Waals surface area contributed by atoms with Crippen LogP contribution in [0.4, 0.5) is 8.78 Å². The summed E-state index contributed by atoms with van der Waals surface area (Å²) in [5.41, 5.74) is 12.1. The molecule has 0 fully saturated rings. The molecule has 0 bridgehead atoms. The van der Waals surface area contributed by atoms with Crippen molar-refractivity contribution in [1.82, 2.24) is 36.7 Å². The number of benzene rings is 2. The zero-order chi connectivity index (χ0) is 41.7. The monoisotopic (exact) mass is 878 g/mol. The molecule has 308 valence electrons. The van der Waals surface area contributed by atoms with Crippen LogP contribution >= 0.6 is 35.1 Å². The third-order valence-corrected chi connectivity index (χ3v) is 9.82. The molecule has 6 rings (SSSR count). The van der Waals surface area contributed by atoms with Crippen LogP contribution < -0.4 is 56.7 Å². The number of hydrogen-bond acceptors (Lipinski definition) is 18. The Morgan fingerprint density at radius 1 is 0.948 bits per heavy atom. The van der Waals surface area contributed by atoms with Crippen LogP contribution in [0.1, 0.15) is 72.4 Å². The number of halogens is 3. The first-order valence-corrected chi connectivity index (χ1v) is 19.2. The molecular formula is C33H38ClF2N10NaO9S2. The zero-order valence-corrected chi connectivity index (χ0v) is 35.7. The Balaban J connectivity index is 0.000000308. The van der Waals surface area contributed by atoms with Crippen LogP contribution in [0.5, 0.6) is 0 Å². The fraction of sp³-hybridized carbons (Fsp3) is 0.364. The van der Waals surface area contributed by atoms with Crippen LogP contribution in [0.15, 0.2) is 65.9 Å². The van der Waals surface area contributed by atoms with E-state index in [-0.39, 0.29) is 105 Å². The number of amidine groups is 1. The van der Waals surface area contributed by atoms with Crippen molar-refractivity contribution in [3.05, 3.63) is 81.7 Å². The fourth-order valence-corrected chi connectivity index (χ4v) is 6.86. The van der Waals surface area contributed by atoms with Gasteiger partial charge in [0, 0.05) is 19.1 Å². The summed E-state index contributed by atoms with van der Waals surface area (Å²) < 4.78 is 35.4. The SMILES string of the molecule is CCNC(=O)CSc1nonc1/C(Cl)=N/O.CCNC(=O)CSc1nonc1C(=NC1CCc2ccc(F)cc21)NO.NC1CCc2ccc(F)cc21.O=CO[O-].[Na+]. The molecule has 19 nitrogen and oxygen atoms in total. The number of thioether (sulfide) groups is 2. The second-order valence-electron chi connectivity index (χ2n) is 11.4. The van der Waals surface area contributed by atoms with Crippen LogP contribution in [-0.2, 0) is 32.1 Å². The molecule has 2 amide bonds. The van der Waals surface area contributed by atoms with E-state index in [0.29, 0.717) is 29.6 Å². The second kappa shape index (κ2) is 26.7. The first kappa shape index (κ1) is 49.9. The number of oxime groups is 1. The van der Waals surface area contributed by atoms with Crippen LogP contribution in [0.3, 0.4) is 0 Å². The van der Waals surface area contributed by atoms with Crippen molar-refractivity contribution < 1.29 is 82.5 Å². The Bertz CT molecular complexity index is 2000. The minimum Gasteiger partial charge on any atom is -0.662 e. The van der Waals surface area contributed by atoms with Crippen molar-refractivity contribution in [2.24, 2.45) is 15.9 Å². The Hall–Kier alpha value is -4.20. The van der Waals surface area contributed by atoms with Gasteiger partial charge < -0.3 is 31.7 Å². The Kier molecular flexibility index (Phi) is 23.0. The standard InChI is InChI=1S/C16H18FN5O3S.C9H10FN.C7H9ClN4O3S.CH2O3.Na/c1-2-18-13(23)8-26-16-14(21-25-22-16)15(20-24)19-12-6-4-9-3-5-10(17)7-11(9)12;10-7-3-1-6-2-4-9(11)8(6)5-7;1-2-9-4(13)3-16-7-5(6(8)10-14)11-15-12-7;2-1-4-3;/h3,5,7,12,24H,2,4,6,8H2,1H3,(H,18,23)(H,19,20);1,3,5,9H,2,4,11H2;14H,2-3H2,1H3,(H,9,13);1,3H;/q;;;;+1/p-1/b;;10-6-;;. The summed E-state index contributed by atoms with van der Waals surface area (Å²) in [5, 5.41) is 49.3. The summed E-state index contributed by atoms with van der Waals surface area (Å²) in [6.45, 7) is 4.56. The number of nitrogens with zero attached hydrogens (tertiary/aromatic N) is 6. The van der Waals surface area contributed by atoms with Crippen molar-refractivity contribution in [3.63, 3.8) is 0 Å². The van der Waals surface area contributed by atoms with E-state index in [1.54, 1.807) is 12.1 Å². The second-order valence-corrected chi connectivity index (χ2v) is 13.7. The van der Waals surface area contributed by atoms with E-state index in [1.807, 2.05) is 25.4 Å². The molecule has 7 N–H and O–H groups in total. The average molecular weight is 879 g/mol. The number of fused-ring (bicyclic) bond motifs is 2. The van der Waals surface area contributed by atoms with Crippen LogP contribution in [0.25, 0.3) is 0 Å². The molecule has 0 spiro atoms. The van der Waals surface area contributed by atoms with E-state index in [0.717, 1.165) is 59.5 Å². The molecule has 2 aliphatic carbocycles. The van der Waals surface area contributed by atoms with Crippen molar-refractivity contribution in [2.75, 3.05) is 24.6 Å². The molecule has 2 aromatic heterocycles. The van der Waals surface area contributed by atoms with Crippen LogP contribution in [0, 0.1) is 11.6 Å². The zero-order valence-electron chi connectivity index (χ0n) is 31.3. The molecular weight excluding hydrogens is 841 g/mol. The molecule has 0 saturated carbocycles. The van der Waals surface area contributed by atoms with Crippen molar-refractivity contribution >= 4 is 64.4 Å². The smallest absolute Gasteiger partial charge is 0.662 e. The van der Waals surface area contributed by atoms with Gasteiger partial charge in [-0.25, -0.2) is 18.0 Å². The van der Waals surface area contributed by atoms with Gasteiger partial charge in [0.2, 0.25) is 11.8 Å². The number of nitrogens with two attached hydrogens (primary N) is 1. The number of nitrogens with one attached hydrogen (secondary N) is 3. The Morgan fingerprint density at radius 2 is 1.45 bits per heavy atom. The Morgan fingerprint density at radius 3 is 1.97 bits per heavy atom. The number of aryl methyl sites for hydroxylation is 2. The number of carbonyl (C=O) groups is 3. The topological polar surface area (TPSA) is 289 Å². The number of hydroxylamine groups is 1. The van der Waals surface area contributed by atoms with E-state index in [1.165, 1.54) is 23.8 Å². The van der Waals surface area contributed by atoms with Gasteiger partial charge in [-0.3, -0.25) is 30.1 Å². The minimum absolute atomic E-state index is 0. The van der Waals surface area contributed by atoms with Gasteiger partial charge in [-0.05, 0) is 107 Å². The summed E-state index contributed by atoms with van der Waals surface area (Å²) in [6.07, 6.45) is 3.42. The summed E-state index contributed by atoms with van der Waals surface area (Å²) in [5.74, 6) is -0.449. The van der Waals surface area contributed by atoms with Crippen LogP contribution in [0.2, 0.25) is 0 Å². The number of amides is 2. The molecule has 0 radical (unpaired) electrons. The maximum atomic E-state index is 13.5. The minimum atomic E-state index is -0.328. The maximum Gasteiger partial charge on any atom is 1.00 e. The van der Waals surface area contributed by atoms with E-state index in [9.17, 15) is 23.6 Å². The van der Waals surface area contributed by atoms with Gasteiger partial charge in [-0.1, -0.05) is 52.4 Å². The molecule has 2 atom stereocenters. The molecule has 2 heterocycles. The predicted octanol–water partition coefficient (Wildman–Crippen LogP) is -0.267. The number of aliphatic imine (C=N–C) groups is 1. The molecule has 25 heteroatoms. The summed E-state index contributed by atoms with van der Waals surface area (Å²) in [6, 6.07) is 9.25. The molecule has 58 heavy (non-hydrogen) atoms.